The Kier molecular flexibility index (Phi) is 9.29. The average Bonchev–Trinajstić information content (AvgIpc) is 3.12. The van der Waals surface area contributed by atoms with Crippen LogP contribution in [0, 0.1) is 5.92 Å². The van der Waals surface area contributed by atoms with Gasteiger partial charge >= 0.3 is 0 Å². The fourth-order valence-corrected chi connectivity index (χ4v) is 3.83. The molecule has 1 unspecified atom stereocenters. The standard InChI is InChI=1S/C19H34N4OS/c1-4-20-19(21-8-7-18-6-5-13-25-18)22-15-17(14-16(2)3)23-9-11-24-12-10-23/h5-6,13,16-17H,4,7-12,14-15H2,1-3H3,(H2,20,21,22). The molecule has 2 heterocycles. The van der Waals surface area contributed by atoms with Gasteiger partial charge in [0.15, 0.2) is 5.96 Å². The summed E-state index contributed by atoms with van der Waals surface area (Å²) in [5.74, 6) is 1.61. The van der Waals surface area contributed by atoms with Crippen molar-refractivity contribution in [1.82, 2.24) is 15.5 Å². The van der Waals surface area contributed by atoms with E-state index in [9.17, 15) is 0 Å². The van der Waals surface area contributed by atoms with Crippen LogP contribution in [0.15, 0.2) is 22.5 Å². The summed E-state index contributed by atoms with van der Waals surface area (Å²) in [6.07, 6.45) is 2.22. The second-order valence-electron chi connectivity index (χ2n) is 6.91. The summed E-state index contributed by atoms with van der Waals surface area (Å²) >= 11 is 1.81. The van der Waals surface area contributed by atoms with Crippen molar-refractivity contribution >= 4 is 17.3 Å². The van der Waals surface area contributed by atoms with Gasteiger partial charge in [0.05, 0.1) is 19.8 Å². The molecule has 1 saturated heterocycles. The summed E-state index contributed by atoms with van der Waals surface area (Å²) in [7, 11) is 0. The van der Waals surface area contributed by atoms with Crippen molar-refractivity contribution in [2.24, 2.45) is 10.9 Å². The molecule has 142 valence electrons. The number of rotatable bonds is 9. The molecule has 0 spiro atoms. The van der Waals surface area contributed by atoms with Crippen molar-refractivity contribution in [2.45, 2.75) is 39.7 Å². The van der Waals surface area contributed by atoms with E-state index in [4.69, 9.17) is 9.73 Å². The fraction of sp³-hybridized carbons (Fsp3) is 0.737. The van der Waals surface area contributed by atoms with Crippen LogP contribution >= 0.6 is 11.3 Å². The first kappa shape index (κ1) is 20.2. The number of hydrogen-bond acceptors (Lipinski definition) is 4. The first-order valence-corrected chi connectivity index (χ1v) is 10.4. The molecular weight excluding hydrogens is 332 g/mol. The molecule has 2 rings (SSSR count). The second-order valence-corrected chi connectivity index (χ2v) is 7.94. The lowest BCUT2D eigenvalue weighted by molar-refractivity contribution is 0.0143. The van der Waals surface area contributed by atoms with Crippen LogP contribution < -0.4 is 10.6 Å². The van der Waals surface area contributed by atoms with E-state index in [2.05, 4.69) is 53.8 Å². The zero-order valence-corrected chi connectivity index (χ0v) is 16.8. The number of aliphatic imine (C=N–C) groups is 1. The van der Waals surface area contributed by atoms with Crippen LogP contribution in [0.3, 0.4) is 0 Å². The Morgan fingerprint density at radius 2 is 2.12 bits per heavy atom. The summed E-state index contributed by atoms with van der Waals surface area (Å²) in [6, 6.07) is 4.79. The number of nitrogens with zero attached hydrogens (tertiary/aromatic N) is 2. The quantitative estimate of drug-likeness (QED) is 0.521. The lowest BCUT2D eigenvalue weighted by Crippen LogP contribution is -2.46. The van der Waals surface area contributed by atoms with Crippen LogP contribution in [0.1, 0.15) is 32.1 Å². The van der Waals surface area contributed by atoms with E-state index in [-0.39, 0.29) is 0 Å². The van der Waals surface area contributed by atoms with E-state index in [0.29, 0.717) is 12.0 Å². The van der Waals surface area contributed by atoms with Crippen LogP contribution in [0.25, 0.3) is 0 Å². The van der Waals surface area contributed by atoms with Gasteiger partial charge in [0.2, 0.25) is 0 Å². The monoisotopic (exact) mass is 366 g/mol. The molecule has 0 bridgehead atoms. The molecule has 0 saturated carbocycles. The highest BCUT2D eigenvalue weighted by Crippen LogP contribution is 2.14. The van der Waals surface area contributed by atoms with Crippen LogP contribution in [0.5, 0.6) is 0 Å². The minimum absolute atomic E-state index is 0.497. The number of nitrogens with one attached hydrogen (secondary N) is 2. The Morgan fingerprint density at radius 3 is 2.76 bits per heavy atom. The normalized spacial score (nSPS) is 17.7. The third-order valence-corrected chi connectivity index (χ3v) is 5.29. The van der Waals surface area contributed by atoms with E-state index in [0.717, 1.165) is 58.3 Å². The number of hydrogen-bond donors (Lipinski definition) is 2. The van der Waals surface area contributed by atoms with Gasteiger partial charge < -0.3 is 15.4 Å². The molecule has 1 aromatic heterocycles. The summed E-state index contributed by atoms with van der Waals surface area (Å²) < 4.78 is 5.51. The molecular formula is C19H34N4OS. The largest absolute Gasteiger partial charge is 0.379 e. The maximum Gasteiger partial charge on any atom is 0.191 e. The van der Waals surface area contributed by atoms with E-state index in [1.807, 2.05) is 11.3 Å². The number of thiophene rings is 1. The highest BCUT2D eigenvalue weighted by molar-refractivity contribution is 7.09. The minimum Gasteiger partial charge on any atom is -0.379 e. The predicted octanol–water partition coefficient (Wildman–Crippen LogP) is 2.59. The maximum absolute atomic E-state index is 5.51. The van der Waals surface area contributed by atoms with Crippen molar-refractivity contribution in [3.05, 3.63) is 22.4 Å². The molecule has 2 N–H and O–H groups in total. The molecule has 0 aliphatic carbocycles. The maximum atomic E-state index is 5.51. The zero-order valence-electron chi connectivity index (χ0n) is 16.0. The molecule has 1 atom stereocenters. The molecule has 0 aromatic carbocycles. The zero-order chi connectivity index (χ0) is 17.9. The van der Waals surface area contributed by atoms with Crippen molar-refractivity contribution in [1.29, 1.82) is 0 Å². The predicted molar refractivity (Wildman–Crippen MR) is 108 cm³/mol. The topological polar surface area (TPSA) is 48.9 Å². The first-order valence-electron chi connectivity index (χ1n) is 9.55. The van der Waals surface area contributed by atoms with Gasteiger partial charge in [0.1, 0.15) is 0 Å². The minimum atomic E-state index is 0.497. The molecule has 0 radical (unpaired) electrons. The molecule has 5 nitrogen and oxygen atoms in total. The van der Waals surface area contributed by atoms with Crippen molar-refractivity contribution < 1.29 is 4.74 Å². The Balaban J connectivity index is 1.87. The van der Waals surface area contributed by atoms with Gasteiger partial charge in [-0.05, 0) is 37.1 Å². The van der Waals surface area contributed by atoms with Gasteiger partial charge in [0.25, 0.3) is 0 Å². The highest BCUT2D eigenvalue weighted by Gasteiger charge is 2.21. The lowest BCUT2D eigenvalue weighted by atomic mass is 10.0. The SMILES string of the molecule is CCNC(=NCC(CC(C)C)N1CCOCC1)NCCc1cccs1. The number of ether oxygens (including phenoxy) is 1. The Morgan fingerprint density at radius 1 is 1.32 bits per heavy atom. The van der Waals surface area contributed by atoms with Crippen molar-refractivity contribution in [3.8, 4) is 0 Å². The molecule has 1 aromatic rings. The van der Waals surface area contributed by atoms with Crippen LogP contribution in [0.2, 0.25) is 0 Å². The van der Waals surface area contributed by atoms with Crippen LogP contribution in [-0.2, 0) is 11.2 Å². The Bertz CT molecular complexity index is 484. The summed E-state index contributed by atoms with van der Waals surface area (Å²) in [6.45, 7) is 13.1. The smallest absolute Gasteiger partial charge is 0.191 e. The summed E-state index contributed by atoms with van der Waals surface area (Å²) in [4.78, 5) is 8.83. The number of morpholine rings is 1. The van der Waals surface area contributed by atoms with E-state index in [1.165, 1.54) is 11.3 Å². The third-order valence-electron chi connectivity index (χ3n) is 4.35. The van der Waals surface area contributed by atoms with E-state index < -0.39 is 0 Å². The van der Waals surface area contributed by atoms with E-state index in [1.54, 1.807) is 0 Å². The van der Waals surface area contributed by atoms with Gasteiger partial charge in [-0.2, -0.15) is 0 Å². The van der Waals surface area contributed by atoms with Crippen molar-refractivity contribution in [3.63, 3.8) is 0 Å². The molecule has 1 aliphatic rings. The molecule has 0 amide bonds. The third kappa shape index (κ3) is 7.75. The lowest BCUT2D eigenvalue weighted by Gasteiger charge is -2.34. The Labute approximate surface area is 156 Å². The van der Waals surface area contributed by atoms with Crippen LogP contribution in [0.4, 0.5) is 0 Å². The van der Waals surface area contributed by atoms with Crippen molar-refractivity contribution in [2.75, 3.05) is 45.9 Å². The molecule has 1 aliphatic heterocycles. The Hall–Kier alpha value is -1.11. The summed E-state index contributed by atoms with van der Waals surface area (Å²) in [5.41, 5.74) is 0. The van der Waals surface area contributed by atoms with Gasteiger partial charge in [0, 0.05) is 37.1 Å². The molecule has 25 heavy (non-hydrogen) atoms. The highest BCUT2D eigenvalue weighted by atomic mass is 32.1. The first-order chi connectivity index (χ1) is 12.2. The van der Waals surface area contributed by atoms with Gasteiger partial charge in [-0.1, -0.05) is 19.9 Å². The molecule has 1 fully saturated rings. The van der Waals surface area contributed by atoms with Gasteiger partial charge in [-0.25, -0.2) is 0 Å². The number of guanidine groups is 1. The van der Waals surface area contributed by atoms with Gasteiger partial charge in [-0.15, -0.1) is 11.3 Å². The average molecular weight is 367 g/mol. The van der Waals surface area contributed by atoms with E-state index >= 15 is 0 Å². The fourth-order valence-electron chi connectivity index (χ4n) is 3.12. The molecule has 6 heteroatoms. The van der Waals surface area contributed by atoms with Gasteiger partial charge in [-0.3, -0.25) is 9.89 Å². The van der Waals surface area contributed by atoms with Crippen LogP contribution in [-0.4, -0.2) is 62.8 Å². The summed E-state index contributed by atoms with van der Waals surface area (Å²) in [5, 5.41) is 8.98. The second kappa shape index (κ2) is 11.5.